The summed E-state index contributed by atoms with van der Waals surface area (Å²) in [6.07, 6.45) is 0. The summed E-state index contributed by atoms with van der Waals surface area (Å²) in [7, 11) is 1.61. The monoisotopic (exact) mass is 245 g/mol. The minimum Gasteiger partial charge on any atom is -0.495 e. The molecule has 0 saturated heterocycles. The molecular formula is C15H19NO2. The van der Waals surface area contributed by atoms with Crippen molar-refractivity contribution in [1.29, 1.82) is 0 Å². The van der Waals surface area contributed by atoms with Gasteiger partial charge in [0.1, 0.15) is 5.75 Å². The van der Waals surface area contributed by atoms with Crippen molar-refractivity contribution >= 4 is 10.9 Å². The standard InChI is InChI=1S/C15H19NO2/c1-9-6-7-12(18-5)13-10(9)8-11(14(17)16-13)15(2,3)4/h6-8H,1-5H3,(H,16,17). The highest BCUT2D eigenvalue weighted by molar-refractivity contribution is 5.87. The molecule has 0 unspecified atom stereocenters. The van der Waals surface area contributed by atoms with E-state index in [0.717, 1.165) is 22.0 Å². The van der Waals surface area contributed by atoms with Gasteiger partial charge in [-0.1, -0.05) is 26.8 Å². The van der Waals surface area contributed by atoms with Gasteiger partial charge in [0.2, 0.25) is 0 Å². The lowest BCUT2D eigenvalue weighted by molar-refractivity contribution is 0.418. The Morgan fingerprint density at radius 2 is 1.89 bits per heavy atom. The summed E-state index contributed by atoms with van der Waals surface area (Å²) >= 11 is 0. The van der Waals surface area contributed by atoms with Crippen LogP contribution in [0.25, 0.3) is 10.9 Å². The third kappa shape index (κ3) is 2.01. The van der Waals surface area contributed by atoms with Crippen LogP contribution in [0.4, 0.5) is 0 Å². The molecule has 0 aliphatic carbocycles. The molecule has 2 aromatic rings. The average Bonchev–Trinajstić information content (AvgIpc) is 2.27. The first-order valence-electron chi connectivity index (χ1n) is 6.05. The SMILES string of the molecule is COc1ccc(C)c2cc(C(C)(C)C)c(=O)[nH]c12. The fraction of sp³-hybridized carbons (Fsp3) is 0.400. The number of rotatable bonds is 1. The van der Waals surface area contributed by atoms with Gasteiger partial charge in [0.15, 0.2) is 0 Å². The number of hydrogen-bond acceptors (Lipinski definition) is 2. The predicted molar refractivity (Wildman–Crippen MR) is 74.6 cm³/mol. The first kappa shape index (κ1) is 12.7. The number of aryl methyl sites for hydroxylation is 1. The number of aromatic amines is 1. The highest BCUT2D eigenvalue weighted by Crippen LogP contribution is 2.28. The van der Waals surface area contributed by atoms with Crippen molar-refractivity contribution in [1.82, 2.24) is 4.98 Å². The quantitative estimate of drug-likeness (QED) is 0.838. The fourth-order valence-corrected chi connectivity index (χ4v) is 2.14. The first-order valence-corrected chi connectivity index (χ1v) is 6.05. The van der Waals surface area contributed by atoms with Crippen LogP contribution in [-0.2, 0) is 5.41 Å². The van der Waals surface area contributed by atoms with E-state index in [1.54, 1.807) is 7.11 Å². The topological polar surface area (TPSA) is 42.1 Å². The molecule has 0 fully saturated rings. The first-order chi connectivity index (χ1) is 8.34. The molecule has 18 heavy (non-hydrogen) atoms. The third-order valence-electron chi connectivity index (χ3n) is 3.23. The third-order valence-corrected chi connectivity index (χ3v) is 3.23. The van der Waals surface area contributed by atoms with Crippen molar-refractivity contribution < 1.29 is 4.74 Å². The summed E-state index contributed by atoms with van der Waals surface area (Å²) in [5.41, 5.74) is 2.49. The average molecular weight is 245 g/mol. The lowest BCUT2D eigenvalue weighted by atomic mass is 9.87. The molecule has 0 atom stereocenters. The Hall–Kier alpha value is -1.77. The van der Waals surface area contributed by atoms with Gasteiger partial charge in [0.05, 0.1) is 12.6 Å². The number of ether oxygens (including phenoxy) is 1. The molecule has 0 bridgehead atoms. The molecule has 1 aromatic heterocycles. The second kappa shape index (κ2) is 4.16. The lowest BCUT2D eigenvalue weighted by Crippen LogP contribution is -2.24. The van der Waals surface area contributed by atoms with E-state index in [4.69, 9.17) is 4.74 Å². The molecule has 0 saturated carbocycles. The summed E-state index contributed by atoms with van der Waals surface area (Å²) in [5, 5.41) is 1.04. The van der Waals surface area contributed by atoms with Crippen LogP contribution in [0, 0.1) is 6.92 Å². The molecule has 3 nitrogen and oxygen atoms in total. The molecule has 0 aliphatic heterocycles. The van der Waals surface area contributed by atoms with Gasteiger partial charge in [0, 0.05) is 10.9 Å². The number of aromatic nitrogens is 1. The number of fused-ring (bicyclic) bond motifs is 1. The van der Waals surface area contributed by atoms with Gasteiger partial charge in [-0.15, -0.1) is 0 Å². The zero-order chi connectivity index (χ0) is 13.5. The van der Waals surface area contributed by atoms with E-state index in [1.165, 1.54) is 0 Å². The molecule has 0 spiro atoms. The van der Waals surface area contributed by atoms with Crippen molar-refractivity contribution in [2.24, 2.45) is 0 Å². The summed E-state index contributed by atoms with van der Waals surface area (Å²) in [6.45, 7) is 8.16. The van der Waals surface area contributed by atoms with Crippen molar-refractivity contribution in [3.8, 4) is 5.75 Å². The Kier molecular flexibility index (Phi) is 2.93. The van der Waals surface area contributed by atoms with Crippen molar-refractivity contribution in [2.45, 2.75) is 33.1 Å². The van der Waals surface area contributed by atoms with Crippen LogP contribution in [0.5, 0.6) is 5.75 Å². The second-order valence-corrected chi connectivity index (χ2v) is 5.64. The van der Waals surface area contributed by atoms with Crippen LogP contribution in [0.15, 0.2) is 23.0 Å². The number of hydrogen-bond donors (Lipinski definition) is 1. The van der Waals surface area contributed by atoms with Gasteiger partial charge in [-0.3, -0.25) is 4.79 Å². The van der Waals surface area contributed by atoms with Gasteiger partial charge in [0.25, 0.3) is 5.56 Å². The van der Waals surface area contributed by atoms with E-state index in [-0.39, 0.29) is 11.0 Å². The minimum absolute atomic E-state index is 0.0427. The molecule has 96 valence electrons. The van der Waals surface area contributed by atoms with E-state index in [0.29, 0.717) is 5.75 Å². The van der Waals surface area contributed by atoms with Crippen molar-refractivity contribution in [3.63, 3.8) is 0 Å². The number of benzene rings is 1. The van der Waals surface area contributed by atoms with Crippen LogP contribution in [-0.4, -0.2) is 12.1 Å². The Labute approximate surface area is 107 Å². The maximum absolute atomic E-state index is 12.1. The van der Waals surface area contributed by atoms with Crippen LogP contribution in [0.1, 0.15) is 31.9 Å². The maximum Gasteiger partial charge on any atom is 0.252 e. The summed E-state index contributed by atoms with van der Waals surface area (Å²) in [6, 6.07) is 5.86. The molecule has 1 N–H and O–H groups in total. The van der Waals surface area contributed by atoms with Crippen LogP contribution < -0.4 is 10.3 Å². The molecular weight excluding hydrogens is 226 g/mol. The molecule has 3 heteroatoms. The molecule has 0 amide bonds. The smallest absolute Gasteiger partial charge is 0.252 e. The zero-order valence-electron chi connectivity index (χ0n) is 11.5. The largest absolute Gasteiger partial charge is 0.495 e. The Balaban J connectivity index is 2.88. The highest BCUT2D eigenvalue weighted by atomic mass is 16.5. The summed E-state index contributed by atoms with van der Waals surface area (Å²) in [4.78, 5) is 15.1. The van der Waals surface area contributed by atoms with E-state index < -0.39 is 0 Å². The van der Waals surface area contributed by atoms with Gasteiger partial charge < -0.3 is 9.72 Å². The zero-order valence-corrected chi connectivity index (χ0v) is 11.5. The summed E-state index contributed by atoms with van der Waals surface area (Å²) in [5.74, 6) is 0.702. The lowest BCUT2D eigenvalue weighted by Gasteiger charge is -2.19. The normalized spacial score (nSPS) is 11.8. The Morgan fingerprint density at radius 1 is 1.22 bits per heavy atom. The highest BCUT2D eigenvalue weighted by Gasteiger charge is 2.19. The Bertz CT molecular complexity index is 648. The number of pyridine rings is 1. The predicted octanol–water partition coefficient (Wildman–Crippen LogP) is 3.14. The molecule has 0 aliphatic rings. The minimum atomic E-state index is -0.169. The van der Waals surface area contributed by atoms with E-state index in [9.17, 15) is 4.79 Å². The van der Waals surface area contributed by atoms with Crippen molar-refractivity contribution in [3.05, 3.63) is 39.7 Å². The number of H-pyrrole nitrogens is 1. The van der Waals surface area contributed by atoms with Crippen molar-refractivity contribution in [2.75, 3.05) is 7.11 Å². The second-order valence-electron chi connectivity index (χ2n) is 5.64. The molecule has 0 radical (unpaired) electrons. The van der Waals surface area contributed by atoms with Gasteiger partial charge >= 0.3 is 0 Å². The molecule has 2 rings (SSSR count). The van der Waals surface area contributed by atoms with Gasteiger partial charge in [-0.25, -0.2) is 0 Å². The van der Waals surface area contributed by atoms with E-state index >= 15 is 0 Å². The molecule has 1 heterocycles. The Morgan fingerprint density at radius 3 is 2.44 bits per heavy atom. The van der Waals surface area contributed by atoms with E-state index in [1.807, 2.05) is 45.9 Å². The molecule has 1 aromatic carbocycles. The maximum atomic E-state index is 12.1. The fourth-order valence-electron chi connectivity index (χ4n) is 2.14. The summed E-state index contributed by atoms with van der Waals surface area (Å²) < 4.78 is 5.29. The van der Waals surface area contributed by atoms with Crippen LogP contribution in [0.3, 0.4) is 0 Å². The van der Waals surface area contributed by atoms with Crippen LogP contribution >= 0.6 is 0 Å². The number of nitrogens with one attached hydrogen (secondary N) is 1. The van der Waals surface area contributed by atoms with Crippen LogP contribution in [0.2, 0.25) is 0 Å². The van der Waals surface area contributed by atoms with E-state index in [2.05, 4.69) is 4.98 Å². The van der Waals surface area contributed by atoms with Gasteiger partial charge in [-0.05, 0) is 30.0 Å². The number of methoxy groups -OCH3 is 1. The van der Waals surface area contributed by atoms with Gasteiger partial charge in [-0.2, -0.15) is 0 Å².